The fraction of sp³-hybridized carbons (Fsp3) is 0.500. The first kappa shape index (κ1) is 16.6. The van der Waals surface area contributed by atoms with Gasteiger partial charge in [-0.05, 0) is 43.5 Å². The Hall–Kier alpha value is -1.30. The van der Waals surface area contributed by atoms with E-state index < -0.39 is 5.92 Å². The van der Waals surface area contributed by atoms with E-state index in [9.17, 15) is 9.59 Å². The Morgan fingerprint density at radius 1 is 1.26 bits per heavy atom. The molecular formula is C16H19Cl2N3O2. The summed E-state index contributed by atoms with van der Waals surface area (Å²) in [6, 6.07) is 5.00. The van der Waals surface area contributed by atoms with E-state index in [0.29, 0.717) is 54.3 Å². The fourth-order valence-electron chi connectivity index (χ4n) is 3.29. The van der Waals surface area contributed by atoms with Crippen LogP contribution in [0, 0.1) is 11.8 Å². The van der Waals surface area contributed by atoms with E-state index in [1.54, 1.807) is 28.0 Å². The number of amides is 2. The number of nitrogens with zero attached hydrogens (tertiary/aromatic N) is 2. The Kier molecular flexibility index (Phi) is 4.80. The van der Waals surface area contributed by atoms with Gasteiger partial charge in [-0.15, -0.1) is 0 Å². The Morgan fingerprint density at radius 3 is 2.74 bits per heavy atom. The van der Waals surface area contributed by atoms with Crippen molar-refractivity contribution in [3.63, 3.8) is 0 Å². The lowest BCUT2D eigenvalue weighted by molar-refractivity contribution is -0.139. The van der Waals surface area contributed by atoms with Crippen molar-refractivity contribution < 1.29 is 9.59 Å². The van der Waals surface area contributed by atoms with Crippen molar-refractivity contribution in [2.24, 2.45) is 17.6 Å². The maximum absolute atomic E-state index is 12.7. The van der Waals surface area contributed by atoms with Gasteiger partial charge in [-0.2, -0.15) is 0 Å². The van der Waals surface area contributed by atoms with Gasteiger partial charge >= 0.3 is 0 Å². The number of anilines is 1. The summed E-state index contributed by atoms with van der Waals surface area (Å²) in [5.41, 5.74) is 6.24. The van der Waals surface area contributed by atoms with Crippen LogP contribution >= 0.6 is 23.2 Å². The number of carbonyl (C=O) groups excluding carboxylic acids is 2. The molecule has 2 unspecified atom stereocenters. The quantitative estimate of drug-likeness (QED) is 0.844. The summed E-state index contributed by atoms with van der Waals surface area (Å²) >= 11 is 12.2. The molecule has 1 aromatic rings. The highest BCUT2D eigenvalue weighted by Crippen LogP contribution is 2.34. The van der Waals surface area contributed by atoms with Crippen LogP contribution in [0.4, 0.5) is 5.69 Å². The number of rotatable bonds is 3. The van der Waals surface area contributed by atoms with Crippen molar-refractivity contribution in [2.45, 2.75) is 12.8 Å². The molecule has 0 aliphatic carbocycles. The molecule has 2 N–H and O–H groups in total. The van der Waals surface area contributed by atoms with E-state index in [0.717, 1.165) is 6.42 Å². The largest absolute Gasteiger partial charge is 0.342 e. The molecule has 0 bridgehead atoms. The number of hydrogen-bond acceptors (Lipinski definition) is 3. The molecule has 2 heterocycles. The first-order valence-corrected chi connectivity index (χ1v) is 8.52. The van der Waals surface area contributed by atoms with Crippen LogP contribution in [0.15, 0.2) is 18.2 Å². The van der Waals surface area contributed by atoms with Crippen LogP contribution in [-0.4, -0.2) is 42.9 Å². The molecule has 7 heteroatoms. The molecule has 2 fully saturated rings. The van der Waals surface area contributed by atoms with Crippen LogP contribution in [0.5, 0.6) is 0 Å². The van der Waals surface area contributed by atoms with Crippen molar-refractivity contribution >= 4 is 40.7 Å². The van der Waals surface area contributed by atoms with Crippen LogP contribution in [0.3, 0.4) is 0 Å². The van der Waals surface area contributed by atoms with Gasteiger partial charge in [-0.3, -0.25) is 9.59 Å². The first-order chi connectivity index (χ1) is 11.0. The van der Waals surface area contributed by atoms with E-state index in [-0.39, 0.29) is 11.8 Å². The number of halogens is 2. The Labute approximate surface area is 145 Å². The minimum absolute atomic E-state index is 0.0911. The third kappa shape index (κ3) is 3.18. The van der Waals surface area contributed by atoms with Gasteiger partial charge in [0.2, 0.25) is 11.8 Å². The summed E-state index contributed by atoms with van der Waals surface area (Å²) in [7, 11) is 0. The van der Waals surface area contributed by atoms with Gasteiger partial charge in [0.25, 0.3) is 0 Å². The van der Waals surface area contributed by atoms with Gasteiger partial charge in [0.05, 0.1) is 10.7 Å². The van der Waals surface area contributed by atoms with Crippen molar-refractivity contribution in [2.75, 3.05) is 31.1 Å². The van der Waals surface area contributed by atoms with Crippen molar-refractivity contribution in [3.05, 3.63) is 28.2 Å². The summed E-state index contributed by atoms with van der Waals surface area (Å²) < 4.78 is 0. The molecule has 0 aromatic heterocycles. The minimum Gasteiger partial charge on any atom is -0.342 e. The molecule has 1 aromatic carbocycles. The van der Waals surface area contributed by atoms with Crippen LogP contribution in [0.1, 0.15) is 12.8 Å². The lowest BCUT2D eigenvalue weighted by Crippen LogP contribution is -2.39. The molecule has 0 radical (unpaired) electrons. The molecule has 124 valence electrons. The second-order valence-corrected chi connectivity index (χ2v) is 6.95. The van der Waals surface area contributed by atoms with Crippen LogP contribution in [-0.2, 0) is 9.59 Å². The Bertz CT molecular complexity index is 638. The molecule has 0 saturated carbocycles. The third-order valence-corrected chi connectivity index (χ3v) is 5.19. The van der Waals surface area contributed by atoms with Crippen LogP contribution in [0.2, 0.25) is 10.0 Å². The number of carbonyl (C=O) groups is 2. The van der Waals surface area contributed by atoms with Gasteiger partial charge in [-0.1, -0.05) is 23.2 Å². The highest BCUT2D eigenvalue weighted by Gasteiger charge is 2.41. The SMILES string of the molecule is NCC1CCN(C(=O)C2CCN(c3cc(Cl)ccc3Cl)C2=O)C1. The lowest BCUT2D eigenvalue weighted by atomic mass is 10.1. The highest BCUT2D eigenvalue weighted by atomic mass is 35.5. The summed E-state index contributed by atoms with van der Waals surface area (Å²) in [4.78, 5) is 28.6. The predicted molar refractivity (Wildman–Crippen MR) is 90.7 cm³/mol. The summed E-state index contributed by atoms with van der Waals surface area (Å²) in [6.45, 7) is 2.38. The van der Waals surface area contributed by atoms with Crippen molar-refractivity contribution in [1.29, 1.82) is 0 Å². The van der Waals surface area contributed by atoms with Gasteiger partial charge in [0, 0.05) is 24.7 Å². The molecule has 5 nitrogen and oxygen atoms in total. The topological polar surface area (TPSA) is 66.6 Å². The smallest absolute Gasteiger partial charge is 0.239 e. The summed E-state index contributed by atoms with van der Waals surface area (Å²) in [5.74, 6) is -0.572. The van der Waals surface area contributed by atoms with E-state index in [4.69, 9.17) is 28.9 Å². The van der Waals surface area contributed by atoms with Crippen molar-refractivity contribution in [1.82, 2.24) is 4.90 Å². The Balaban J connectivity index is 1.74. The predicted octanol–water partition coefficient (Wildman–Crippen LogP) is 2.15. The zero-order valence-corrected chi connectivity index (χ0v) is 14.2. The second-order valence-electron chi connectivity index (χ2n) is 6.10. The minimum atomic E-state index is -0.624. The maximum Gasteiger partial charge on any atom is 0.239 e. The van der Waals surface area contributed by atoms with Crippen LogP contribution in [0.25, 0.3) is 0 Å². The molecule has 2 amide bonds. The molecule has 2 aliphatic rings. The molecule has 2 aliphatic heterocycles. The van der Waals surface area contributed by atoms with Crippen molar-refractivity contribution in [3.8, 4) is 0 Å². The maximum atomic E-state index is 12.7. The van der Waals surface area contributed by atoms with Gasteiger partial charge < -0.3 is 15.5 Å². The van der Waals surface area contributed by atoms with Crippen LogP contribution < -0.4 is 10.6 Å². The lowest BCUT2D eigenvalue weighted by Gasteiger charge is -2.21. The zero-order valence-electron chi connectivity index (χ0n) is 12.7. The molecule has 2 saturated heterocycles. The molecular weight excluding hydrogens is 337 g/mol. The fourth-order valence-corrected chi connectivity index (χ4v) is 3.67. The standard InChI is InChI=1S/C16H19Cl2N3O2/c17-11-1-2-13(18)14(7-11)21-6-4-12(16(21)23)15(22)20-5-3-10(8-19)9-20/h1-2,7,10,12H,3-6,8-9,19H2. The summed E-state index contributed by atoms with van der Waals surface area (Å²) in [5, 5.41) is 0.970. The zero-order chi connectivity index (χ0) is 16.6. The second kappa shape index (κ2) is 6.67. The third-order valence-electron chi connectivity index (χ3n) is 4.63. The van der Waals surface area contributed by atoms with Gasteiger partial charge in [0.1, 0.15) is 5.92 Å². The molecule has 2 atom stereocenters. The van der Waals surface area contributed by atoms with E-state index >= 15 is 0 Å². The summed E-state index contributed by atoms with van der Waals surface area (Å²) in [6.07, 6.45) is 1.41. The normalized spacial score (nSPS) is 24.6. The average Bonchev–Trinajstić information content (AvgIpc) is 3.16. The number of nitrogens with two attached hydrogens (primary N) is 1. The Morgan fingerprint density at radius 2 is 2.04 bits per heavy atom. The van der Waals surface area contributed by atoms with E-state index in [1.165, 1.54) is 0 Å². The first-order valence-electron chi connectivity index (χ1n) is 7.76. The van der Waals surface area contributed by atoms with E-state index in [1.807, 2.05) is 0 Å². The van der Waals surface area contributed by atoms with Gasteiger partial charge in [0.15, 0.2) is 0 Å². The number of likely N-dealkylation sites (tertiary alicyclic amines) is 1. The molecule has 0 spiro atoms. The highest BCUT2D eigenvalue weighted by molar-refractivity contribution is 6.36. The monoisotopic (exact) mass is 355 g/mol. The van der Waals surface area contributed by atoms with Gasteiger partial charge in [-0.25, -0.2) is 0 Å². The number of benzene rings is 1. The average molecular weight is 356 g/mol. The molecule has 3 rings (SSSR count). The molecule has 23 heavy (non-hydrogen) atoms. The van der Waals surface area contributed by atoms with E-state index in [2.05, 4.69) is 0 Å². The number of hydrogen-bond donors (Lipinski definition) is 1.